The van der Waals surface area contributed by atoms with Crippen molar-refractivity contribution < 1.29 is 19.4 Å². The largest absolute Gasteiger partial charge is 0.483 e. The zero-order valence-electron chi connectivity index (χ0n) is 10.0. The van der Waals surface area contributed by atoms with Crippen molar-refractivity contribution in [2.24, 2.45) is 23.7 Å². The molecular weight excluding hydrogens is 232 g/mol. The predicted molar refractivity (Wildman–Crippen MR) is 62.3 cm³/mol. The molecule has 4 nitrogen and oxygen atoms in total. The number of carbonyl (C=O) groups is 1. The van der Waals surface area contributed by atoms with E-state index in [1.807, 2.05) is 0 Å². The van der Waals surface area contributed by atoms with E-state index < -0.39 is 5.97 Å². The number of rotatable bonds is 3. The molecule has 4 aliphatic rings. The van der Waals surface area contributed by atoms with Crippen molar-refractivity contribution in [2.75, 3.05) is 6.61 Å². The van der Waals surface area contributed by atoms with Crippen LogP contribution in [0, 0.1) is 23.7 Å². The second kappa shape index (κ2) is 3.38. The fraction of sp³-hybridized carbons (Fsp3) is 0.643. The van der Waals surface area contributed by atoms with Crippen LogP contribution < -0.4 is 0 Å². The first kappa shape index (κ1) is 10.6. The fourth-order valence-corrected chi connectivity index (χ4v) is 4.19. The molecule has 1 aliphatic heterocycles. The summed E-state index contributed by atoms with van der Waals surface area (Å²) in [5.41, 5.74) is 0.141. The molecule has 0 radical (unpaired) electrons. The summed E-state index contributed by atoms with van der Waals surface area (Å²) in [6, 6.07) is 0. The standard InChI is InChI=1S/C14H16O4/c1-6(5-15)14(16)18-10-3-7-2-9(10)12-8(7)4-11-13(12)17-11/h4,7-10,12-13,15H,1-3,5H2. The zero-order chi connectivity index (χ0) is 12.4. The average Bonchev–Trinajstić information content (AvgIpc) is 2.76. The summed E-state index contributed by atoms with van der Waals surface area (Å²) in [5, 5.41) is 8.88. The number of aliphatic hydroxyl groups is 1. The second-order valence-corrected chi connectivity index (χ2v) is 5.86. The van der Waals surface area contributed by atoms with Crippen molar-refractivity contribution >= 4 is 5.97 Å². The third-order valence-electron chi connectivity index (χ3n) is 5.00. The Kier molecular flexibility index (Phi) is 1.99. The first-order valence-electron chi connectivity index (χ1n) is 6.57. The zero-order valence-corrected chi connectivity index (χ0v) is 10.0. The Balaban J connectivity index is 1.47. The summed E-state index contributed by atoms with van der Waals surface area (Å²) in [5.74, 6) is 2.96. The molecule has 4 heteroatoms. The van der Waals surface area contributed by atoms with Crippen molar-refractivity contribution in [1.29, 1.82) is 0 Å². The molecule has 3 fully saturated rings. The number of ether oxygens (including phenoxy) is 2. The van der Waals surface area contributed by atoms with Crippen LogP contribution in [0.25, 0.3) is 0 Å². The molecule has 96 valence electrons. The SMILES string of the molecule is C=C(CO)C(=O)OC1CC2CC1C1C3OC3=CC21. The number of fused-ring (bicyclic) bond motifs is 7. The maximum absolute atomic E-state index is 11.7. The third-order valence-corrected chi connectivity index (χ3v) is 5.00. The van der Waals surface area contributed by atoms with Gasteiger partial charge in [-0.05, 0) is 30.8 Å². The molecule has 2 saturated carbocycles. The normalized spacial score (nSPS) is 45.9. The molecule has 18 heavy (non-hydrogen) atoms. The van der Waals surface area contributed by atoms with Crippen LogP contribution in [-0.4, -0.2) is 29.9 Å². The summed E-state index contributed by atoms with van der Waals surface area (Å²) in [6.45, 7) is 3.18. The van der Waals surface area contributed by atoms with Gasteiger partial charge < -0.3 is 14.6 Å². The van der Waals surface area contributed by atoms with Crippen LogP contribution in [0.1, 0.15) is 12.8 Å². The summed E-state index contributed by atoms with van der Waals surface area (Å²) in [7, 11) is 0. The number of hydrogen-bond acceptors (Lipinski definition) is 4. The van der Waals surface area contributed by atoms with Gasteiger partial charge in [0.15, 0.2) is 6.10 Å². The van der Waals surface area contributed by atoms with Crippen LogP contribution in [0.15, 0.2) is 24.0 Å². The number of allylic oxidation sites excluding steroid dienone is 1. The van der Waals surface area contributed by atoms with Gasteiger partial charge in [0.1, 0.15) is 11.9 Å². The molecular formula is C14H16O4. The Hall–Kier alpha value is -1.29. The number of carbonyl (C=O) groups excluding carboxylic acids is 1. The molecule has 0 aromatic carbocycles. The Bertz CT molecular complexity index is 466. The molecule has 2 bridgehead atoms. The summed E-state index contributed by atoms with van der Waals surface area (Å²) in [4.78, 5) is 11.7. The molecule has 1 heterocycles. The van der Waals surface area contributed by atoms with E-state index in [0.717, 1.165) is 18.6 Å². The Morgan fingerprint density at radius 1 is 1.56 bits per heavy atom. The highest BCUT2D eigenvalue weighted by atomic mass is 16.6. The van der Waals surface area contributed by atoms with E-state index in [0.29, 0.717) is 29.8 Å². The number of hydrogen-bond donors (Lipinski definition) is 1. The van der Waals surface area contributed by atoms with Crippen molar-refractivity contribution in [3.05, 3.63) is 24.0 Å². The highest BCUT2D eigenvalue weighted by molar-refractivity contribution is 5.88. The minimum absolute atomic E-state index is 0.0102. The molecule has 0 aromatic heterocycles. The van der Waals surface area contributed by atoms with Gasteiger partial charge in [0.25, 0.3) is 0 Å². The second-order valence-electron chi connectivity index (χ2n) is 5.86. The van der Waals surface area contributed by atoms with Gasteiger partial charge in [0.05, 0.1) is 12.2 Å². The van der Waals surface area contributed by atoms with Crippen molar-refractivity contribution in [3.8, 4) is 0 Å². The van der Waals surface area contributed by atoms with Gasteiger partial charge in [-0.15, -0.1) is 0 Å². The maximum Gasteiger partial charge on any atom is 0.336 e. The lowest BCUT2D eigenvalue weighted by Gasteiger charge is -2.31. The lowest BCUT2D eigenvalue weighted by atomic mass is 9.79. The molecule has 0 aromatic rings. The summed E-state index contributed by atoms with van der Waals surface area (Å²) in [6.07, 6.45) is 4.68. The molecule has 3 aliphatic carbocycles. The summed E-state index contributed by atoms with van der Waals surface area (Å²) < 4.78 is 11.0. The lowest BCUT2D eigenvalue weighted by molar-refractivity contribution is -0.149. The molecule has 4 rings (SSSR count). The van der Waals surface area contributed by atoms with Crippen LogP contribution in [0.3, 0.4) is 0 Å². The first-order chi connectivity index (χ1) is 8.69. The van der Waals surface area contributed by atoms with Gasteiger partial charge in [-0.25, -0.2) is 4.79 Å². The molecule has 1 saturated heterocycles. The van der Waals surface area contributed by atoms with Gasteiger partial charge in [-0.3, -0.25) is 0 Å². The van der Waals surface area contributed by atoms with Gasteiger partial charge in [-0.1, -0.05) is 6.58 Å². The van der Waals surface area contributed by atoms with Crippen LogP contribution in [0.5, 0.6) is 0 Å². The molecule has 0 amide bonds. The minimum Gasteiger partial charge on any atom is -0.483 e. The maximum atomic E-state index is 11.7. The van der Waals surface area contributed by atoms with Gasteiger partial charge in [0, 0.05) is 11.8 Å². The van der Waals surface area contributed by atoms with Crippen molar-refractivity contribution in [2.45, 2.75) is 25.0 Å². The number of epoxide rings is 1. The predicted octanol–water partition coefficient (Wildman–Crippen LogP) is 1.02. The fourth-order valence-electron chi connectivity index (χ4n) is 4.19. The number of aliphatic hydroxyl groups excluding tert-OH is 1. The quantitative estimate of drug-likeness (QED) is 0.460. The van der Waals surface area contributed by atoms with E-state index in [1.54, 1.807) is 0 Å². The lowest BCUT2D eigenvalue weighted by Crippen LogP contribution is -2.35. The molecule has 1 N–H and O–H groups in total. The molecule has 0 spiro atoms. The Morgan fingerprint density at radius 2 is 2.39 bits per heavy atom. The van der Waals surface area contributed by atoms with E-state index in [4.69, 9.17) is 14.6 Å². The Labute approximate surface area is 105 Å². The van der Waals surface area contributed by atoms with E-state index in [-0.39, 0.29) is 18.3 Å². The van der Waals surface area contributed by atoms with Crippen LogP contribution in [0.2, 0.25) is 0 Å². The Morgan fingerprint density at radius 3 is 3.17 bits per heavy atom. The first-order valence-corrected chi connectivity index (χ1v) is 6.57. The van der Waals surface area contributed by atoms with Crippen LogP contribution in [0.4, 0.5) is 0 Å². The van der Waals surface area contributed by atoms with Crippen molar-refractivity contribution in [3.63, 3.8) is 0 Å². The monoisotopic (exact) mass is 248 g/mol. The van der Waals surface area contributed by atoms with Crippen LogP contribution >= 0.6 is 0 Å². The van der Waals surface area contributed by atoms with E-state index >= 15 is 0 Å². The average molecular weight is 248 g/mol. The molecule has 6 atom stereocenters. The highest BCUT2D eigenvalue weighted by Gasteiger charge is 2.64. The molecule has 6 unspecified atom stereocenters. The smallest absolute Gasteiger partial charge is 0.336 e. The van der Waals surface area contributed by atoms with Crippen molar-refractivity contribution in [1.82, 2.24) is 0 Å². The topological polar surface area (TPSA) is 59.1 Å². The third kappa shape index (κ3) is 1.27. The minimum atomic E-state index is -0.450. The van der Waals surface area contributed by atoms with E-state index in [9.17, 15) is 4.79 Å². The van der Waals surface area contributed by atoms with Gasteiger partial charge in [-0.2, -0.15) is 0 Å². The van der Waals surface area contributed by atoms with E-state index in [1.165, 1.54) is 0 Å². The van der Waals surface area contributed by atoms with E-state index in [2.05, 4.69) is 12.7 Å². The van der Waals surface area contributed by atoms with Crippen LogP contribution in [-0.2, 0) is 14.3 Å². The highest BCUT2D eigenvalue weighted by Crippen LogP contribution is 2.63. The van der Waals surface area contributed by atoms with Gasteiger partial charge >= 0.3 is 5.97 Å². The summed E-state index contributed by atoms with van der Waals surface area (Å²) >= 11 is 0. The number of esters is 1. The van der Waals surface area contributed by atoms with Gasteiger partial charge in [0.2, 0.25) is 0 Å².